The van der Waals surface area contributed by atoms with Gasteiger partial charge in [-0.1, -0.05) is 0 Å². The van der Waals surface area contributed by atoms with Crippen LogP contribution >= 0.6 is 0 Å². The summed E-state index contributed by atoms with van der Waals surface area (Å²) >= 11 is 0. The Hall–Kier alpha value is -3.71. The molecule has 0 bridgehead atoms. The fourth-order valence-electron chi connectivity index (χ4n) is 4.23. The lowest BCUT2D eigenvalue weighted by Crippen LogP contribution is -2.52. The fraction of sp³-hybridized carbons (Fsp3) is 0.577. The van der Waals surface area contributed by atoms with Crippen LogP contribution in [0.15, 0.2) is 18.2 Å². The third kappa shape index (κ3) is 8.39. The molecule has 3 N–H and O–H groups in total. The van der Waals surface area contributed by atoms with Crippen LogP contribution in [0.1, 0.15) is 49.5 Å². The van der Waals surface area contributed by atoms with E-state index in [1.54, 1.807) is 39.0 Å². The van der Waals surface area contributed by atoms with Crippen molar-refractivity contribution in [3.8, 4) is 0 Å². The van der Waals surface area contributed by atoms with Gasteiger partial charge >= 0.3 is 12.1 Å². The van der Waals surface area contributed by atoms with Gasteiger partial charge in [0.1, 0.15) is 11.6 Å². The maximum atomic E-state index is 12.9. The van der Waals surface area contributed by atoms with Crippen LogP contribution in [0.3, 0.4) is 0 Å². The second-order valence-corrected chi connectivity index (χ2v) is 10.1. The van der Waals surface area contributed by atoms with Crippen LogP contribution in [0.25, 0.3) is 0 Å². The number of rotatable bonds is 11. The summed E-state index contributed by atoms with van der Waals surface area (Å²) in [4.78, 5) is 63.8. The molecule has 0 saturated carbocycles. The lowest BCUT2D eigenvalue weighted by atomic mass is 10.0. The van der Waals surface area contributed by atoms with E-state index in [2.05, 4.69) is 16.0 Å². The maximum absolute atomic E-state index is 12.9. The number of nitrogens with zero attached hydrogens (tertiary/aromatic N) is 2. The second kappa shape index (κ2) is 13.4. The summed E-state index contributed by atoms with van der Waals surface area (Å²) < 4.78 is 16.2. The number of alkyl carbamates (subject to hydrolysis) is 1. The average molecular weight is 548 g/mol. The summed E-state index contributed by atoms with van der Waals surface area (Å²) in [5.74, 6) is -1.09. The van der Waals surface area contributed by atoms with Crippen LogP contribution in [0.5, 0.6) is 0 Å². The van der Waals surface area contributed by atoms with Crippen molar-refractivity contribution in [1.29, 1.82) is 0 Å². The van der Waals surface area contributed by atoms with E-state index in [0.717, 1.165) is 0 Å². The van der Waals surface area contributed by atoms with Crippen molar-refractivity contribution in [3.63, 3.8) is 0 Å². The third-order valence-electron chi connectivity index (χ3n) is 6.02. The number of amides is 6. The molecular weight excluding hydrogens is 510 g/mol. The summed E-state index contributed by atoms with van der Waals surface area (Å²) in [6.45, 7) is 7.29. The van der Waals surface area contributed by atoms with E-state index in [1.807, 2.05) is 0 Å². The SMILES string of the molecule is CNC(=O)N(CCOCCOCCNC(=O)OC(C)(C)C)c1ccc2c(c1)CN(C1CCC(=O)NC1=O)C2=O. The minimum atomic E-state index is -0.704. The molecule has 1 atom stereocenters. The van der Waals surface area contributed by atoms with Crippen LogP contribution < -0.4 is 20.9 Å². The smallest absolute Gasteiger partial charge is 0.407 e. The van der Waals surface area contributed by atoms with Crippen LogP contribution in [0.4, 0.5) is 15.3 Å². The topological polar surface area (TPSA) is 156 Å². The van der Waals surface area contributed by atoms with Gasteiger partial charge in [-0.15, -0.1) is 0 Å². The Bertz CT molecular complexity index is 1090. The number of fused-ring (bicyclic) bond motifs is 1. The van der Waals surface area contributed by atoms with Gasteiger partial charge in [0, 0.05) is 37.8 Å². The van der Waals surface area contributed by atoms with Crippen molar-refractivity contribution in [1.82, 2.24) is 20.9 Å². The van der Waals surface area contributed by atoms with Gasteiger partial charge in [0.15, 0.2) is 0 Å². The molecule has 1 aromatic carbocycles. The maximum Gasteiger partial charge on any atom is 0.407 e. The minimum absolute atomic E-state index is 0.181. The summed E-state index contributed by atoms with van der Waals surface area (Å²) in [5, 5.41) is 7.50. The molecule has 2 aliphatic rings. The Balaban J connectivity index is 1.45. The van der Waals surface area contributed by atoms with Gasteiger partial charge in [-0.3, -0.25) is 24.6 Å². The van der Waals surface area contributed by atoms with E-state index in [0.29, 0.717) is 43.2 Å². The number of hydrogen-bond acceptors (Lipinski definition) is 8. The molecule has 1 saturated heterocycles. The molecule has 2 heterocycles. The quantitative estimate of drug-likeness (QED) is 0.275. The molecule has 6 amide bonds. The van der Waals surface area contributed by atoms with Crippen molar-refractivity contribution < 1.29 is 38.2 Å². The Kier molecular flexibility index (Phi) is 10.2. The molecule has 13 nitrogen and oxygen atoms in total. The zero-order chi connectivity index (χ0) is 28.6. The highest BCUT2D eigenvalue weighted by Gasteiger charge is 2.39. The van der Waals surface area contributed by atoms with Gasteiger partial charge in [-0.25, -0.2) is 9.59 Å². The van der Waals surface area contributed by atoms with Crippen molar-refractivity contribution in [2.45, 2.75) is 51.8 Å². The highest BCUT2D eigenvalue weighted by Crippen LogP contribution is 2.30. The van der Waals surface area contributed by atoms with E-state index in [4.69, 9.17) is 14.2 Å². The van der Waals surface area contributed by atoms with E-state index in [1.165, 1.54) is 16.8 Å². The van der Waals surface area contributed by atoms with Crippen molar-refractivity contribution in [2.75, 3.05) is 51.5 Å². The molecule has 214 valence electrons. The van der Waals surface area contributed by atoms with Crippen LogP contribution in [-0.2, 0) is 30.3 Å². The minimum Gasteiger partial charge on any atom is -0.444 e. The fourth-order valence-corrected chi connectivity index (χ4v) is 4.23. The molecule has 0 aromatic heterocycles. The molecule has 0 radical (unpaired) electrons. The second-order valence-electron chi connectivity index (χ2n) is 10.1. The van der Waals surface area contributed by atoms with Gasteiger partial charge in [0.25, 0.3) is 5.91 Å². The van der Waals surface area contributed by atoms with Crippen LogP contribution in [-0.4, -0.2) is 93.0 Å². The molecule has 39 heavy (non-hydrogen) atoms. The number of urea groups is 1. The van der Waals surface area contributed by atoms with Gasteiger partial charge < -0.3 is 29.7 Å². The highest BCUT2D eigenvalue weighted by molar-refractivity contribution is 6.05. The van der Waals surface area contributed by atoms with Crippen molar-refractivity contribution in [3.05, 3.63) is 29.3 Å². The molecule has 1 unspecified atom stereocenters. The number of anilines is 1. The molecule has 3 rings (SSSR count). The summed E-state index contributed by atoms with van der Waals surface area (Å²) in [7, 11) is 1.52. The number of benzene rings is 1. The van der Waals surface area contributed by atoms with Crippen LogP contribution in [0.2, 0.25) is 0 Å². The standard InChI is InChI=1S/C26H37N5O8/c1-26(2,3)39-25(36)28-9-11-37-13-14-38-12-10-30(24(35)27-4)18-5-6-19-17(15-18)16-31(23(19)34)20-7-8-21(32)29-22(20)33/h5-6,15,20H,7-14,16H2,1-4H3,(H,27,35)(H,28,36)(H,29,32,33). The number of nitrogens with one attached hydrogen (secondary N) is 3. The van der Waals surface area contributed by atoms with Gasteiger partial charge in [0.2, 0.25) is 11.8 Å². The molecule has 0 spiro atoms. The normalized spacial score (nSPS) is 17.0. The van der Waals surface area contributed by atoms with Crippen molar-refractivity contribution >= 4 is 35.5 Å². The van der Waals surface area contributed by atoms with Gasteiger partial charge in [-0.2, -0.15) is 0 Å². The molecule has 13 heteroatoms. The van der Waals surface area contributed by atoms with E-state index < -0.39 is 23.6 Å². The van der Waals surface area contributed by atoms with Crippen LogP contribution in [0, 0.1) is 0 Å². The number of carbonyl (C=O) groups is 5. The zero-order valence-electron chi connectivity index (χ0n) is 22.8. The Morgan fingerprint density at radius 1 is 1.10 bits per heavy atom. The first-order valence-corrected chi connectivity index (χ1v) is 12.9. The average Bonchev–Trinajstić information content (AvgIpc) is 3.19. The number of hydrogen-bond donors (Lipinski definition) is 3. The highest BCUT2D eigenvalue weighted by atomic mass is 16.6. The van der Waals surface area contributed by atoms with Gasteiger partial charge in [-0.05, 0) is 51.0 Å². The zero-order valence-corrected chi connectivity index (χ0v) is 22.8. The predicted octanol–water partition coefficient (Wildman–Crippen LogP) is 1.15. The van der Waals surface area contributed by atoms with Crippen molar-refractivity contribution in [2.24, 2.45) is 0 Å². The number of ether oxygens (including phenoxy) is 3. The summed E-state index contributed by atoms with van der Waals surface area (Å²) in [6, 6.07) is 4.05. The Morgan fingerprint density at radius 3 is 2.49 bits per heavy atom. The number of carbonyl (C=O) groups excluding carboxylic acids is 5. The Labute approximate surface area is 227 Å². The molecule has 1 aromatic rings. The van der Waals surface area contributed by atoms with E-state index in [9.17, 15) is 24.0 Å². The first-order chi connectivity index (χ1) is 18.5. The lowest BCUT2D eigenvalue weighted by Gasteiger charge is -2.29. The summed E-state index contributed by atoms with van der Waals surface area (Å²) in [5.41, 5.74) is 1.19. The number of piperidine rings is 1. The number of imide groups is 1. The first kappa shape index (κ1) is 29.8. The first-order valence-electron chi connectivity index (χ1n) is 12.9. The molecule has 2 aliphatic heterocycles. The third-order valence-corrected chi connectivity index (χ3v) is 6.02. The summed E-state index contributed by atoms with van der Waals surface area (Å²) in [6.07, 6.45) is -0.0420. The van der Waals surface area contributed by atoms with E-state index in [-0.39, 0.29) is 50.4 Å². The molecule has 0 aliphatic carbocycles. The molecule has 1 fully saturated rings. The Morgan fingerprint density at radius 2 is 1.82 bits per heavy atom. The monoisotopic (exact) mass is 547 g/mol. The van der Waals surface area contributed by atoms with E-state index >= 15 is 0 Å². The largest absolute Gasteiger partial charge is 0.444 e. The lowest BCUT2D eigenvalue weighted by molar-refractivity contribution is -0.136. The predicted molar refractivity (Wildman–Crippen MR) is 140 cm³/mol. The molecular formula is C26H37N5O8. The van der Waals surface area contributed by atoms with Gasteiger partial charge in [0.05, 0.1) is 33.0 Å².